The first-order valence-electron chi connectivity index (χ1n) is 8.66. The van der Waals surface area contributed by atoms with E-state index in [4.69, 9.17) is 16.3 Å². The highest BCUT2D eigenvalue weighted by atomic mass is 35.5. The van der Waals surface area contributed by atoms with Crippen molar-refractivity contribution in [2.75, 3.05) is 19.6 Å². The molecule has 1 aliphatic rings. The smallest absolute Gasteiger partial charge is 0.410 e. The summed E-state index contributed by atoms with van der Waals surface area (Å²) in [6.07, 6.45) is 0.578. The van der Waals surface area contributed by atoms with Crippen molar-refractivity contribution in [1.82, 2.24) is 10.2 Å². The minimum atomic E-state index is -0.493. The van der Waals surface area contributed by atoms with Gasteiger partial charge in [-0.05, 0) is 62.8 Å². The van der Waals surface area contributed by atoms with Crippen molar-refractivity contribution in [2.24, 2.45) is 5.92 Å². The largest absolute Gasteiger partial charge is 0.444 e. The standard InChI is InChI=1S/C19H23ClN2O3S/c1-19(2,3)25-18(24)22-7-6-12(11-22)10-21-17(23)16-9-13-8-14(20)4-5-15(13)26-16/h4-5,8-9,12H,6-7,10-11H2,1-3H3,(H,21,23)/t12-/m0/s1. The summed E-state index contributed by atoms with van der Waals surface area (Å²) < 4.78 is 6.44. The highest BCUT2D eigenvalue weighted by Crippen LogP contribution is 2.28. The highest BCUT2D eigenvalue weighted by molar-refractivity contribution is 7.20. The summed E-state index contributed by atoms with van der Waals surface area (Å²) in [5.74, 6) is 0.160. The molecule has 2 amide bonds. The zero-order valence-corrected chi connectivity index (χ0v) is 16.7. The summed E-state index contributed by atoms with van der Waals surface area (Å²) in [5, 5.41) is 4.62. The zero-order chi connectivity index (χ0) is 18.9. The van der Waals surface area contributed by atoms with Crippen molar-refractivity contribution >= 4 is 45.0 Å². The Hall–Kier alpha value is -1.79. The second kappa shape index (κ2) is 7.45. The van der Waals surface area contributed by atoms with Gasteiger partial charge in [-0.15, -0.1) is 11.3 Å². The lowest BCUT2D eigenvalue weighted by Gasteiger charge is -2.24. The molecule has 1 fully saturated rings. The SMILES string of the molecule is CC(C)(C)OC(=O)N1CC[C@@H](CNC(=O)c2cc3cc(Cl)ccc3s2)C1. The lowest BCUT2D eigenvalue weighted by atomic mass is 10.1. The average Bonchev–Trinajstić information content (AvgIpc) is 3.17. The Bertz CT molecular complexity index is 828. The molecule has 1 atom stereocenters. The van der Waals surface area contributed by atoms with Crippen LogP contribution in [0.5, 0.6) is 0 Å². The van der Waals surface area contributed by atoms with E-state index in [0.717, 1.165) is 16.5 Å². The number of halogens is 1. The number of amides is 2. The van der Waals surface area contributed by atoms with Gasteiger partial charge < -0.3 is 15.0 Å². The quantitative estimate of drug-likeness (QED) is 0.831. The molecule has 5 nitrogen and oxygen atoms in total. The maximum absolute atomic E-state index is 12.4. The maximum Gasteiger partial charge on any atom is 0.410 e. The van der Waals surface area contributed by atoms with Crippen molar-refractivity contribution in [3.63, 3.8) is 0 Å². The van der Waals surface area contributed by atoms with E-state index in [1.165, 1.54) is 11.3 Å². The number of likely N-dealkylation sites (tertiary alicyclic amines) is 1. The molecule has 2 aromatic rings. The third kappa shape index (κ3) is 4.68. The van der Waals surface area contributed by atoms with Gasteiger partial charge >= 0.3 is 6.09 Å². The van der Waals surface area contributed by atoms with Crippen molar-refractivity contribution in [3.05, 3.63) is 34.2 Å². The van der Waals surface area contributed by atoms with Gasteiger partial charge in [0.2, 0.25) is 0 Å². The molecule has 2 heterocycles. The molecule has 1 aromatic carbocycles. The molecule has 26 heavy (non-hydrogen) atoms. The fourth-order valence-electron chi connectivity index (χ4n) is 2.94. The molecule has 7 heteroatoms. The number of nitrogens with one attached hydrogen (secondary N) is 1. The average molecular weight is 395 g/mol. The molecule has 0 radical (unpaired) electrons. The van der Waals surface area contributed by atoms with Gasteiger partial charge in [0.05, 0.1) is 4.88 Å². The van der Waals surface area contributed by atoms with Crippen LogP contribution in [-0.2, 0) is 4.74 Å². The van der Waals surface area contributed by atoms with Crippen LogP contribution < -0.4 is 5.32 Å². The van der Waals surface area contributed by atoms with Crippen LogP contribution in [-0.4, -0.2) is 42.1 Å². The van der Waals surface area contributed by atoms with E-state index in [1.807, 2.05) is 45.0 Å². The van der Waals surface area contributed by atoms with E-state index in [9.17, 15) is 9.59 Å². The highest BCUT2D eigenvalue weighted by Gasteiger charge is 2.30. The Balaban J connectivity index is 1.52. The summed E-state index contributed by atoms with van der Waals surface area (Å²) in [6, 6.07) is 7.48. The van der Waals surface area contributed by atoms with Crippen LogP contribution in [0.2, 0.25) is 5.02 Å². The molecule has 0 unspecified atom stereocenters. The topological polar surface area (TPSA) is 58.6 Å². The number of fused-ring (bicyclic) bond motifs is 1. The monoisotopic (exact) mass is 394 g/mol. The molecule has 3 rings (SSSR count). The number of benzene rings is 1. The Labute approximate surface area is 162 Å². The van der Waals surface area contributed by atoms with Gasteiger partial charge in [0, 0.05) is 29.4 Å². The van der Waals surface area contributed by atoms with Crippen LogP contribution in [0.4, 0.5) is 4.79 Å². The van der Waals surface area contributed by atoms with E-state index < -0.39 is 5.60 Å². The number of nitrogens with zero attached hydrogens (tertiary/aromatic N) is 1. The van der Waals surface area contributed by atoms with Crippen molar-refractivity contribution in [1.29, 1.82) is 0 Å². The van der Waals surface area contributed by atoms with Gasteiger partial charge in [-0.2, -0.15) is 0 Å². The number of hydrogen-bond acceptors (Lipinski definition) is 4. The number of ether oxygens (including phenoxy) is 1. The maximum atomic E-state index is 12.4. The van der Waals surface area contributed by atoms with Crippen molar-refractivity contribution < 1.29 is 14.3 Å². The third-order valence-corrected chi connectivity index (χ3v) is 5.54. The lowest BCUT2D eigenvalue weighted by molar-refractivity contribution is 0.0288. The van der Waals surface area contributed by atoms with Gasteiger partial charge in [-0.1, -0.05) is 11.6 Å². The second-order valence-electron chi connectivity index (χ2n) is 7.58. The fourth-order valence-corrected chi connectivity index (χ4v) is 4.08. The minimum absolute atomic E-state index is 0.0851. The first kappa shape index (κ1) is 19.0. The van der Waals surface area contributed by atoms with E-state index in [2.05, 4.69) is 5.32 Å². The lowest BCUT2D eigenvalue weighted by Crippen LogP contribution is -2.36. The normalized spacial score (nSPS) is 17.5. The molecular formula is C19H23ClN2O3S. The van der Waals surface area contributed by atoms with Gasteiger partial charge in [0.1, 0.15) is 5.60 Å². The summed E-state index contributed by atoms with van der Waals surface area (Å²) in [6.45, 7) is 7.39. The first-order valence-corrected chi connectivity index (χ1v) is 9.86. The van der Waals surface area contributed by atoms with Gasteiger partial charge in [0.15, 0.2) is 0 Å². The van der Waals surface area contributed by atoms with Crippen molar-refractivity contribution in [3.8, 4) is 0 Å². The molecule has 140 valence electrons. The Morgan fingerprint density at radius 3 is 2.85 bits per heavy atom. The molecule has 1 N–H and O–H groups in total. The second-order valence-corrected chi connectivity index (χ2v) is 9.10. The zero-order valence-electron chi connectivity index (χ0n) is 15.2. The Morgan fingerprint density at radius 1 is 1.35 bits per heavy atom. The van der Waals surface area contributed by atoms with E-state index in [-0.39, 0.29) is 17.9 Å². The summed E-state index contributed by atoms with van der Waals surface area (Å²) in [5.41, 5.74) is -0.493. The predicted octanol–water partition coefficient (Wildman–Crippen LogP) is 4.54. The van der Waals surface area contributed by atoms with Crippen LogP contribution in [0, 0.1) is 5.92 Å². The van der Waals surface area contributed by atoms with Crippen LogP contribution in [0.3, 0.4) is 0 Å². The molecule has 1 aliphatic heterocycles. The van der Waals surface area contributed by atoms with E-state index in [1.54, 1.807) is 4.90 Å². The fraction of sp³-hybridized carbons (Fsp3) is 0.474. The minimum Gasteiger partial charge on any atom is -0.444 e. The van der Waals surface area contributed by atoms with E-state index in [0.29, 0.717) is 29.5 Å². The number of carbonyl (C=O) groups is 2. The Morgan fingerprint density at radius 2 is 2.12 bits per heavy atom. The third-order valence-electron chi connectivity index (χ3n) is 4.19. The summed E-state index contributed by atoms with van der Waals surface area (Å²) >= 11 is 7.45. The molecule has 1 aromatic heterocycles. The van der Waals surface area contributed by atoms with Gasteiger partial charge in [0.25, 0.3) is 5.91 Å². The van der Waals surface area contributed by atoms with E-state index >= 15 is 0 Å². The number of carbonyl (C=O) groups excluding carboxylic acids is 2. The van der Waals surface area contributed by atoms with Crippen LogP contribution in [0.1, 0.15) is 36.9 Å². The van der Waals surface area contributed by atoms with Gasteiger partial charge in [-0.3, -0.25) is 4.79 Å². The van der Waals surface area contributed by atoms with Crippen LogP contribution in [0.25, 0.3) is 10.1 Å². The summed E-state index contributed by atoms with van der Waals surface area (Å²) in [7, 11) is 0. The van der Waals surface area contributed by atoms with Crippen LogP contribution in [0.15, 0.2) is 24.3 Å². The number of thiophene rings is 1. The summed E-state index contributed by atoms with van der Waals surface area (Å²) in [4.78, 5) is 26.9. The van der Waals surface area contributed by atoms with Crippen molar-refractivity contribution in [2.45, 2.75) is 32.8 Å². The van der Waals surface area contributed by atoms with Gasteiger partial charge in [-0.25, -0.2) is 4.79 Å². The Kier molecular flexibility index (Phi) is 5.44. The first-order chi connectivity index (χ1) is 12.2. The van der Waals surface area contributed by atoms with Crippen LogP contribution >= 0.6 is 22.9 Å². The molecule has 1 saturated heterocycles. The molecular weight excluding hydrogens is 372 g/mol. The molecule has 0 aliphatic carbocycles. The molecule has 0 saturated carbocycles. The predicted molar refractivity (Wildman–Crippen MR) is 105 cm³/mol. The number of rotatable bonds is 3. The number of hydrogen-bond donors (Lipinski definition) is 1. The molecule has 0 bridgehead atoms. The molecule has 0 spiro atoms.